The van der Waals surface area contributed by atoms with Gasteiger partial charge in [0.1, 0.15) is 11.6 Å². The Labute approximate surface area is 182 Å². The third-order valence-electron chi connectivity index (χ3n) is 6.20. The van der Waals surface area contributed by atoms with Crippen molar-refractivity contribution in [2.45, 2.75) is 52.0 Å². The molecule has 0 radical (unpaired) electrons. The minimum Gasteiger partial charge on any atom is -0.383 e. The number of hydrogen-bond acceptors (Lipinski definition) is 8. The third kappa shape index (κ3) is 7.89. The van der Waals surface area contributed by atoms with Gasteiger partial charge in [-0.1, -0.05) is 13.8 Å². The van der Waals surface area contributed by atoms with E-state index in [0.717, 1.165) is 64.1 Å². The molecule has 0 bridgehead atoms. The molecule has 2 fully saturated rings. The van der Waals surface area contributed by atoms with Gasteiger partial charge < -0.3 is 31.9 Å². The van der Waals surface area contributed by atoms with Gasteiger partial charge >= 0.3 is 0 Å². The molecule has 0 spiro atoms. The molecule has 6 N–H and O–H groups in total. The van der Waals surface area contributed by atoms with E-state index in [2.05, 4.69) is 45.0 Å². The van der Waals surface area contributed by atoms with E-state index < -0.39 is 0 Å². The molecule has 1 saturated carbocycles. The van der Waals surface area contributed by atoms with Crippen LogP contribution in [0.25, 0.3) is 0 Å². The second-order valence-electron chi connectivity index (χ2n) is 9.15. The van der Waals surface area contributed by atoms with Crippen LogP contribution in [0.5, 0.6) is 0 Å². The lowest BCUT2D eigenvalue weighted by Gasteiger charge is -2.30. The molecule has 0 unspecified atom stereocenters. The van der Waals surface area contributed by atoms with Gasteiger partial charge in [0, 0.05) is 44.8 Å². The fourth-order valence-electron chi connectivity index (χ4n) is 4.37. The zero-order valence-corrected chi connectivity index (χ0v) is 18.9. The van der Waals surface area contributed by atoms with Crippen molar-refractivity contribution in [3.8, 4) is 0 Å². The Hall–Kier alpha value is -1.64. The number of hydrogen-bond donors (Lipinski definition) is 5. The van der Waals surface area contributed by atoms with Gasteiger partial charge in [-0.2, -0.15) is 9.97 Å². The fraction of sp³-hybridized carbons (Fsp3) is 0.818. The topological polar surface area (TPSA) is 103 Å². The standard InChI is InChI=1S/C22H42N8/c1-17(2)26-9-3-8-25-15-18-4-6-19(7-5-18)16-27-22-28-20(23)14-21(29-22)30-12-10-24-11-13-30/h14,17-19,24-26H,3-13,15-16H2,1-2H3,(H3,23,27,28,29)/t18-,19-. The number of nitrogens with one attached hydrogen (secondary N) is 4. The molecule has 1 aliphatic carbocycles. The molecule has 1 aromatic rings. The first-order valence-corrected chi connectivity index (χ1v) is 11.9. The minimum absolute atomic E-state index is 0.541. The van der Waals surface area contributed by atoms with Gasteiger partial charge in [-0.3, -0.25) is 0 Å². The van der Waals surface area contributed by atoms with Crippen LogP contribution in [0.1, 0.15) is 46.0 Å². The highest BCUT2D eigenvalue weighted by molar-refractivity contribution is 5.51. The molecule has 8 nitrogen and oxygen atoms in total. The van der Waals surface area contributed by atoms with Gasteiger partial charge in [0.05, 0.1) is 0 Å². The molecule has 2 heterocycles. The molecule has 1 aliphatic heterocycles. The molecule has 0 atom stereocenters. The van der Waals surface area contributed by atoms with E-state index in [1.54, 1.807) is 0 Å². The number of rotatable bonds is 11. The summed E-state index contributed by atoms with van der Waals surface area (Å²) in [7, 11) is 0. The summed E-state index contributed by atoms with van der Waals surface area (Å²) in [5.74, 6) is 3.66. The summed E-state index contributed by atoms with van der Waals surface area (Å²) >= 11 is 0. The van der Waals surface area contributed by atoms with Crippen molar-refractivity contribution in [3.63, 3.8) is 0 Å². The summed E-state index contributed by atoms with van der Waals surface area (Å²) in [5, 5.41) is 13.9. The second-order valence-corrected chi connectivity index (χ2v) is 9.15. The first-order chi connectivity index (χ1) is 14.6. The second kappa shape index (κ2) is 12.3. The zero-order valence-electron chi connectivity index (χ0n) is 18.9. The lowest BCUT2D eigenvalue weighted by Crippen LogP contribution is -2.44. The molecular weight excluding hydrogens is 376 g/mol. The number of nitrogens with zero attached hydrogens (tertiary/aromatic N) is 3. The quantitative estimate of drug-likeness (QED) is 0.346. The third-order valence-corrected chi connectivity index (χ3v) is 6.20. The molecule has 1 aromatic heterocycles. The van der Waals surface area contributed by atoms with Crippen LogP contribution in [0.3, 0.4) is 0 Å². The summed E-state index contributed by atoms with van der Waals surface area (Å²) in [6.45, 7) is 12.6. The van der Waals surface area contributed by atoms with Gasteiger partial charge in [-0.05, 0) is 63.6 Å². The Balaban J connectivity index is 1.33. The Morgan fingerprint density at radius 2 is 1.77 bits per heavy atom. The highest BCUT2D eigenvalue weighted by atomic mass is 15.3. The maximum absolute atomic E-state index is 6.04. The Bertz CT molecular complexity index is 609. The number of piperazine rings is 1. The normalized spacial score (nSPS) is 22.4. The van der Waals surface area contributed by atoms with E-state index in [0.29, 0.717) is 23.7 Å². The summed E-state index contributed by atoms with van der Waals surface area (Å²) in [4.78, 5) is 11.4. The van der Waals surface area contributed by atoms with Crippen LogP contribution >= 0.6 is 0 Å². The monoisotopic (exact) mass is 418 g/mol. The van der Waals surface area contributed by atoms with E-state index >= 15 is 0 Å². The van der Waals surface area contributed by atoms with E-state index in [4.69, 9.17) is 10.7 Å². The molecule has 8 heteroatoms. The van der Waals surface area contributed by atoms with Gasteiger partial charge in [-0.15, -0.1) is 0 Å². The van der Waals surface area contributed by atoms with E-state index in [1.807, 2.05) is 6.07 Å². The zero-order chi connectivity index (χ0) is 21.2. The predicted octanol–water partition coefficient (Wildman–Crippen LogP) is 1.66. The molecule has 1 saturated heterocycles. The Kier molecular flexibility index (Phi) is 9.42. The fourth-order valence-corrected chi connectivity index (χ4v) is 4.37. The molecule has 170 valence electrons. The maximum Gasteiger partial charge on any atom is 0.226 e. The smallest absolute Gasteiger partial charge is 0.226 e. The summed E-state index contributed by atoms with van der Waals surface area (Å²) < 4.78 is 0. The van der Waals surface area contributed by atoms with E-state index in [-0.39, 0.29) is 0 Å². The number of aromatic nitrogens is 2. The van der Waals surface area contributed by atoms with Gasteiger partial charge in [-0.25, -0.2) is 0 Å². The summed E-state index contributed by atoms with van der Waals surface area (Å²) in [6.07, 6.45) is 6.39. The molecule has 0 amide bonds. The van der Waals surface area contributed by atoms with Crippen LogP contribution in [0, 0.1) is 11.8 Å². The van der Waals surface area contributed by atoms with Crippen LogP contribution in [0.2, 0.25) is 0 Å². The number of nitrogens with two attached hydrogens (primary N) is 1. The van der Waals surface area contributed by atoms with Crippen molar-refractivity contribution in [1.82, 2.24) is 25.9 Å². The molecular formula is C22H42N8. The van der Waals surface area contributed by atoms with Crippen LogP contribution in [0.15, 0.2) is 6.07 Å². The maximum atomic E-state index is 6.04. The first-order valence-electron chi connectivity index (χ1n) is 11.9. The number of anilines is 3. The highest BCUT2D eigenvalue weighted by Gasteiger charge is 2.21. The van der Waals surface area contributed by atoms with Crippen molar-refractivity contribution in [2.75, 3.05) is 68.3 Å². The molecule has 30 heavy (non-hydrogen) atoms. The SMILES string of the molecule is CC(C)NCCCNC[C@H]1CC[C@H](CNc2nc(N)cc(N3CCNCC3)n2)CC1. The Morgan fingerprint density at radius 3 is 2.47 bits per heavy atom. The number of nitrogen functional groups attached to an aromatic ring is 1. The largest absolute Gasteiger partial charge is 0.383 e. The highest BCUT2D eigenvalue weighted by Crippen LogP contribution is 2.28. The van der Waals surface area contributed by atoms with Crippen molar-refractivity contribution >= 4 is 17.6 Å². The minimum atomic E-state index is 0.541. The Morgan fingerprint density at radius 1 is 1.07 bits per heavy atom. The van der Waals surface area contributed by atoms with Crippen LogP contribution < -0.4 is 31.9 Å². The van der Waals surface area contributed by atoms with Crippen molar-refractivity contribution in [1.29, 1.82) is 0 Å². The van der Waals surface area contributed by atoms with Crippen LogP contribution in [0.4, 0.5) is 17.6 Å². The van der Waals surface area contributed by atoms with E-state index in [1.165, 1.54) is 32.1 Å². The van der Waals surface area contributed by atoms with E-state index in [9.17, 15) is 0 Å². The molecule has 3 rings (SSSR count). The van der Waals surface area contributed by atoms with Gasteiger partial charge in [0.15, 0.2) is 0 Å². The van der Waals surface area contributed by atoms with Gasteiger partial charge in [0.25, 0.3) is 0 Å². The van der Waals surface area contributed by atoms with Crippen LogP contribution in [-0.2, 0) is 0 Å². The van der Waals surface area contributed by atoms with Crippen molar-refractivity contribution in [2.24, 2.45) is 11.8 Å². The van der Waals surface area contributed by atoms with Gasteiger partial charge in [0.2, 0.25) is 5.95 Å². The average Bonchev–Trinajstić information content (AvgIpc) is 2.75. The predicted molar refractivity (Wildman–Crippen MR) is 126 cm³/mol. The lowest BCUT2D eigenvalue weighted by molar-refractivity contribution is 0.275. The van der Waals surface area contributed by atoms with Crippen molar-refractivity contribution in [3.05, 3.63) is 6.07 Å². The first kappa shape index (κ1) is 23.0. The summed E-state index contributed by atoms with van der Waals surface area (Å²) in [5.41, 5.74) is 6.04. The lowest BCUT2D eigenvalue weighted by atomic mass is 9.82. The van der Waals surface area contributed by atoms with Crippen molar-refractivity contribution < 1.29 is 0 Å². The summed E-state index contributed by atoms with van der Waals surface area (Å²) in [6, 6.07) is 2.47. The average molecular weight is 419 g/mol. The molecule has 2 aliphatic rings. The van der Waals surface area contributed by atoms with Crippen LogP contribution in [-0.4, -0.2) is 68.4 Å². The molecule has 0 aromatic carbocycles.